The first-order valence-corrected chi connectivity index (χ1v) is 18.0. The fourth-order valence-corrected chi connectivity index (χ4v) is 9.63. The van der Waals surface area contributed by atoms with Gasteiger partial charge in [0.2, 0.25) is 0 Å². The molecule has 0 fully saturated rings. The molecule has 0 aliphatic carbocycles. The zero-order valence-electron chi connectivity index (χ0n) is 27.1. The Morgan fingerprint density at radius 3 is 1.36 bits per heavy atom. The van der Waals surface area contributed by atoms with Crippen LogP contribution in [0.5, 0.6) is 0 Å². The summed E-state index contributed by atoms with van der Waals surface area (Å²) in [4.78, 5) is 0. The van der Waals surface area contributed by atoms with Crippen molar-refractivity contribution in [1.29, 1.82) is 0 Å². The highest BCUT2D eigenvalue weighted by Gasteiger charge is 2.19. The molecular weight excluding hydrogens is 623 g/mol. The van der Waals surface area contributed by atoms with E-state index in [0.29, 0.717) is 0 Å². The molecule has 1 nitrogen and oxygen atoms in total. The lowest BCUT2D eigenvalue weighted by molar-refractivity contribution is 1.37. The molecule has 0 aliphatic rings. The molecule has 0 N–H and O–H groups in total. The number of thiophene rings is 1. The first kappa shape index (κ1) is 27.7. The number of rotatable bonds is 4. The average Bonchev–Trinajstić information content (AvgIpc) is 3.85. The Morgan fingerprint density at radius 1 is 0.300 bits per heavy atom. The second-order valence-electron chi connectivity index (χ2n) is 13.3. The van der Waals surface area contributed by atoms with Crippen LogP contribution in [0.25, 0.3) is 103 Å². The summed E-state index contributed by atoms with van der Waals surface area (Å²) in [5, 5.41) is 7.86. The topological polar surface area (TPSA) is 4.41 Å². The van der Waals surface area contributed by atoms with Crippen LogP contribution in [0.15, 0.2) is 176 Å². The van der Waals surface area contributed by atoms with Gasteiger partial charge in [-0.2, -0.15) is 0 Å². The lowest BCUT2D eigenvalue weighted by atomic mass is 9.94. The van der Waals surface area contributed by atoms with Gasteiger partial charge in [-0.25, -0.2) is 0 Å². The van der Waals surface area contributed by atoms with Crippen LogP contribution in [0.3, 0.4) is 0 Å². The highest BCUT2D eigenvalue weighted by Crippen LogP contribution is 2.45. The molecule has 2 heteroatoms. The molecule has 3 heterocycles. The molecule has 11 rings (SSSR count). The second kappa shape index (κ2) is 10.6. The molecule has 0 unspecified atom stereocenters. The molecule has 232 valence electrons. The number of nitrogens with zero attached hydrogens (tertiary/aromatic N) is 1. The average molecular weight is 652 g/mol. The van der Waals surface area contributed by atoms with Crippen molar-refractivity contribution in [3.05, 3.63) is 176 Å². The third-order valence-electron chi connectivity index (χ3n) is 10.5. The number of para-hydroxylation sites is 2. The van der Waals surface area contributed by atoms with Crippen LogP contribution in [0.4, 0.5) is 0 Å². The molecule has 0 saturated heterocycles. The number of hydrogen-bond acceptors (Lipinski definition) is 1. The van der Waals surface area contributed by atoms with E-state index in [4.69, 9.17) is 0 Å². The Kier molecular flexibility index (Phi) is 5.89. The largest absolute Gasteiger partial charge is 0.308 e. The zero-order chi connectivity index (χ0) is 32.8. The Labute approximate surface area is 293 Å². The normalized spacial score (nSPS) is 12.0. The molecule has 0 atom stereocenters. The second-order valence-corrected chi connectivity index (χ2v) is 14.3. The number of hydrogen-bond donors (Lipinski definition) is 0. The summed E-state index contributed by atoms with van der Waals surface area (Å²) in [5.41, 5.74) is 13.8. The van der Waals surface area contributed by atoms with Crippen LogP contribution in [-0.4, -0.2) is 4.40 Å². The molecular formula is C48H29NS. The van der Waals surface area contributed by atoms with Crippen LogP contribution in [0.2, 0.25) is 0 Å². The van der Waals surface area contributed by atoms with Gasteiger partial charge in [0, 0.05) is 41.7 Å². The number of benzene rings is 8. The van der Waals surface area contributed by atoms with Gasteiger partial charge >= 0.3 is 0 Å². The van der Waals surface area contributed by atoms with Crippen LogP contribution in [0, 0.1) is 0 Å². The molecule has 3 aromatic heterocycles. The summed E-state index contributed by atoms with van der Waals surface area (Å²) < 4.78 is 5.12. The molecule has 0 spiro atoms. The lowest BCUT2D eigenvalue weighted by Crippen LogP contribution is -1.84. The van der Waals surface area contributed by atoms with E-state index in [0.717, 1.165) is 0 Å². The summed E-state index contributed by atoms with van der Waals surface area (Å²) in [6.45, 7) is 0. The highest BCUT2D eigenvalue weighted by molar-refractivity contribution is 7.26. The molecule has 8 aromatic carbocycles. The Bertz CT molecular complexity index is 3000. The van der Waals surface area contributed by atoms with Crippen molar-refractivity contribution in [3.63, 3.8) is 0 Å². The SMILES string of the molecule is c1ccc(-c2cccc3c2sc2c(-c4cccc(-c5cccc(-c6cc7c8ccccc8n8c9ccccc9c(c6)c78)c5)c4)cccc23)cc1. The summed E-state index contributed by atoms with van der Waals surface area (Å²) in [6.07, 6.45) is 0. The quantitative estimate of drug-likeness (QED) is 0.178. The van der Waals surface area contributed by atoms with Crippen molar-refractivity contribution in [2.24, 2.45) is 0 Å². The number of aromatic nitrogens is 1. The Balaban J connectivity index is 1.05. The van der Waals surface area contributed by atoms with Gasteiger partial charge in [-0.1, -0.05) is 140 Å². The van der Waals surface area contributed by atoms with Gasteiger partial charge in [0.25, 0.3) is 0 Å². The summed E-state index contributed by atoms with van der Waals surface area (Å²) in [6, 6.07) is 64.8. The summed E-state index contributed by atoms with van der Waals surface area (Å²) in [5.74, 6) is 0. The molecule has 0 amide bonds. The minimum atomic E-state index is 1.22. The van der Waals surface area contributed by atoms with E-state index < -0.39 is 0 Å². The van der Waals surface area contributed by atoms with Crippen LogP contribution < -0.4 is 0 Å². The summed E-state index contributed by atoms with van der Waals surface area (Å²) in [7, 11) is 0. The predicted molar refractivity (Wildman–Crippen MR) is 216 cm³/mol. The molecule has 0 bridgehead atoms. The van der Waals surface area contributed by atoms with E-state index in [9.17, 15) is 0 Å². The maximum absolute atomic E-state index is 2.45. The van der Waals surface area contributed by atoms with Gasteiger partial charge in [-0.3, -0.25) is 0 Å². The van der Waals surface area contributed by atoms with Crippen LogP contribution >= 0.6 is 11.3 Å². The molecule has 0 saturated carbocycles. The minimum absolute atomic E-state index is 1.22. The third-order valence-corrected chi connectivity index (χ3v) is 11.8. The van der Waals surface area contributed by atoms with Crippen molar-refractivity contribution < 1.29 is 0 Å². The molecule has 50 heavy (non-hydrogen) atoms. The predicted octanol–water partition coefficient (Wildman–Crippen LogP) is 13.9. The van der Waals surface area contributed by atoms with E-state index in [2.05, 4.69) is 180 Å². The van der Waals surface area contributed by atoms with Crippen LogP contribution in [0.1, 0.15) is 0 Å². The van der Waals surface area contributed by atoms with E-state index in [1.54, 1.807) is 0 Å². The Morgan fingerprint density at radius 2 is 0.740 bits per heavy atom. The van der Waals surface area contributed by atoms with Crippen LogP contribution in [-0.2, 0) is 0 Å². The highest BCUT2D eigenvalue weighted by atomic mass is 32.1. The lowest BCUT2D eigenvalue weighted by Gasteiger charge is -2.10. The van der Waals surface area contributed by atoms with Crippen molar-refractivity contribution in [3.8, 4) is 44.5 Å². The summed E-state index contributed by atoms with van der Waals surface area (Å²) >= 11 is 1.91. The van der Waals surface area contributed by atoms with Gasteiger partial charge in [0.05, 0.1) is 16.6 Å². The van der Waals surface area contributed by atoms with Gasteiger partial charge < -0.3 is 4.40 Å². The number of fused-ring (bicyclic) bond motifs is 9. The van der Waals surface area contributed by atoms with Crippen molar-refractivity contribution in [2.75, 3.05) is 0 Å². The fourth-order valence-electron chi connectivity index (χ4n) is 8.25. The fraction of sp³-hybridized carbons (Fsp3) is 0. The maximum Gasteiger partial charge on any atom is 0.0620 e. The zero-order valence-corrected chi connectivity index (χ0v) is 27.9. The molecule has 0 radical (unpaired) electrons. The van der Waals surface area contributed by atoms with E-state index in [-0.39, 0.29) is 0 Å². The maximum atomic E-state index is 2.45. The van der Waals surface area contributed by atoms with E-state index in [1.165, 1.54) is 103 Å². The Hall–Kier alpha value is -6.22. The monoisotopic (exact) mass is 651 g/mol. The standard InChI is InChI=1S/C48H29NS/c1-2-12-30(13-3-1)36-20-10-22-40-41-23-11-21-37(48(41)50-47(36)40)34-17-9-15-32(27-34)31-14-8-16-33(26-31)35-28-42-38-18-4-6-24-44(38)49-45-25-7-5-19-39(45)43(29-35)46(42)49/h1-29H. The first-order valence-electron chi connectivity index (χ1n) is 17.2. The van der Waals surface area contributed by atoms with Crippen molar-refractivity contribution >= 4 is 69.6 Å². The third kappa shape index (κ3) is 4.00. The van der Waals surface area contributed by atoms with E-state index >= 15 is 0 Å². The van der Waals surface area contributed by atoms with E-state index in [1.807, 2.05) is 11.3 Å². The van der Waals surface area contributed by atoms with Gasteiger partial charge in [-0.05, 0) is 80.9 Å². The van der Waals surface area contributed by atoms with Crippen molar-refractivity contribution in [1.82, 2.24) is 4.40 Å². The van der Waals surface area contributed by atoms with Gasteiger partial charge in [-0.15, -0.1) is 11.3 Å². The minimum Gasteiger partial charge on any atom is -0.308 e. The first-order chi connectivity index (χ1) is 24.8. The van der Waals surface area contributed by atoms with Gasteiger partial charge in [0.15, 0.2) is 0 Å². The molecule has 0 aliphatic heterocycles. The smallest absolute Gasteiger partial charge is 0.0620 e. The van der Waals surface area contributed by atoms with Gasteiger partial charge in [0.1, 0.15) is 0 Å². The molecule has 11 aromatic rings. The van der Waals surface area contributed by atoms with Crippen molar-refractivity contribution in [2.45, 2.75) is 0 Å².